The molecule has 0 amide bonds. The van der Waals surface area contributed by atoms with Crippen LogP contribution in [0.3, 0.4) is 0 Å². The summed E-state index contributed by atoms with van der Waals surface area (Å²) >= 11 is 0. The van der Waals surface area contributed by atoms with Crippen LogP contribution in [-0.4, -0.2) is 46.5 Å². The molecule has 1 N–H and O–H groups in total. The molecule has 2 aliphatic rings. The average molecular weight is 414 g/mol. The largest absolute Gasteiger partial charge is 0.497 e. The maximum atomic E-state index is 5.66. The van der Waals surface area contributed by atoms with Gasteiger partial charge in [0.05, 0.1) is 27.0 Å². The lowest BCUT2D eigenvalue weighted by molar-refractivity contribution is 0.0853. The molecule has 160 valence electrons. The molecule has 8 heteroatoms. The molecule has 0 fully saturated rings. The van der Waals surface area contributed by atoms with E-state index in [0.29, 0.717) is 36.0 Å². The molecule has 2 aromatic rings. The minimum absolute atomic E-state index is 0.0717. The van der Waals surface area contributed by atoms with Crippen LogP contribution >= 0.6 is 0 Å². The Labute approximate surface area is 175 Å². The van der Waals surface area contributed by atoms with Gasteiger partial charge in [0.25, 0.3) is 0 Å². The first-order valence-electron chi connectivity index (χ1n) is 9.80. The summed E-state index contributed by atoms with van der Waals surface area (Å²) in [5.74, 6) is 3.27. The first-order valence-corrected chi connectivity index (χ1v) is 9.80. The Balaban J connectivity index is 1.34. The van der Waals surface area contributed by atoms with Gasteiger partial charge >= 0.3 is 0 Å². The summed E-state index contributed by atoms with van der Waals surface area (Å²) in [6, 6.07) is 9.90. The number of methoxy groups -OCH3 is 3. The summed E-state index contributed by atoms with van der Waals surface area (Å²) in [5, 5.41) is 7.66. The second kappa shape index (κ2) is 9.13. The molecule has 2 aliphatic heterocycles. The standard InChI is InChI=1S/C22H26N2O6/c1-25-17-6-4-5-14(7-17)11-23-12-16-10-18(30-24-16)8-15-9-19(26-2)21-22(20(15)27-3)29-13-28-21/h4-7,9,18,23H,8,10-13H2,1-3H3/t18-/m1/s1. The van der Waals surface area contributed by atoms with E-state index in [4.69, 9.17) is 28.5 Å². The molecule has 0 saturated heterocycles. The first-order chi connectivity index (χ1) is 14.7. The summed E-state index contributed by atoms with van der Waals surface area (Å²) < 4.78 is 27.4. The number of fused-ring (bicyclic) bond motifs is 1. The van der Waals surface area contributed by atoms with Crippen LogP contribution in [0, 0.1) is 0 Å². The van der Waals surface area contributed by atoms with Gasteiger partial charge in [0.2, 0.25) is 18.3 Å². The van der Waals surface area contributed by atoms with E-state index in [1.165, 1.54) is 0 Å². The molecule has 2 aromatic carbocycles. The van der Waals surface area contributed by atoms with Gasteiger partial charge in [0.15, 0.2) is 11.5 Å². The van der Waals surface area contributed by atoms with Crippen molar-refractivity contribution in [2.75, 3.05) is 34.7 Å². The summed E-state index contributed by atoms with van der Waals surface area (Å²) in [4.78, 5) is 5.66. The number of nitrogens with zero attached hydrogens (tertiary/aromatic N) is 1. The van der Waals surface area contributed by atoms with E-state index in [0.717, 1.165) is 35.6 Å². The smallest absolute Gasteiger partial charge is 0.231 e. The van der Waals surface area contributed by atoms with Gasteiger partial charge in [-0.1, -0.05) is 17.3 Å². The molecule has 0 bridgehead atoms. The third-order valence-corrected chi connectivity index (χ3v) is 5.10. The average Bonchev–Trinajstić information content (AvgIpc) is 3.43. The van der Waals surface area contributed by atoms with Crippen LogP contribution in [0.4, 0.5) is 0 Å². The Morgan fingerprint density at radius 2 is 1.90 bits per heavy atom. The van der Waals surface area contributed by atoms with Crippen LogP contribution in [0.1, 0.15) is 17.5 Å². The quantitative estimate of drug-likeness (QED) is 0.676. The number of oxime groups is 1. The third-order valence-electron chi connectivity index (χ3n) is 5.10. The van der Waals surface area contributed by atoms with Crippen molar-refractivity contribution >= 4 is 5.71 Å². The second-order valence-electron chi connectivity index (χ2n) is 7.08. The van der Waals surface area contributed by atoms with Gasteiger partial charge in [-0.05, 0) is 23.8 Å². The van der Waals surface area contributed by atoms with E-state index >= 15 is 0 Å². The number of benzene rings is 2. The van der Waals surface area contributed by atoms with Crippen molar-refractivity contribution in [1.82, 2.24) is 5.32 Å². The van der Waals surface area contributed by atoms with E-state index in [1.807, 2.05) is 24.3 Å². The van der Waals surface area contributed by atoms with Crippen LogP contribution < -0.4 is 29.0 Å². The Morgan fingerprint density at radius 3 is 2.70 bits per heavy atom. The molecule has 8 nitrogen and oxygen atoms in total. The van der Waals surface area contributed by atoms with Crippen LogP contribution in [0.5, 0.6) is 28.7 Å². The zero-order valence-corrected chi connectivity index (χ0v) is 17.4. The third kappa shape index (κ3) is 4.23. The van der Waals surface area contributed by atoms with E-state index in [2.05, 4.69) is 16.5 Å². The van der Waals surface area contributed by atoms with Crippen LogP contribution in [0.2, 0.25) is 0 Å². The molecule has 0 aliphatic carbocycles. The number of rotatable bonds is 9. The Bertz CT molecular complexity index is 930. The van der Waals surface area contributed by atoms with Crippen molar-refractivity contribution in [2.24, 2.45) is 5.16 Å². The molecule has 2 heterocycles. The van der Waals surface area contributed by atoms with Crippen molar-refractivity contribution in [3.8, 4) is 28.7 Å². The monoisotopic (exact) mass is 414 g/mol. The number of nitrogens with one attached hydrogen (secondary N) is 1. The summed E-state index contributed by atoms with van der Waals surface area (Å²) in [5.41, 5.74) is 3.07. The number of hydrogen-bond acceptors (Lipinski definition) is 8. The van der Waals surface area contributed by atoms with Crippen molar-refractivity contribution < 1.29 is 28.5 Å². The summed E-state index contributed by atoms with van der Waals surface area (Å²) in [6.07, 6.45) is 1.29. The maximum Gasteiger partial charge on any atom is 0.231 e. The Kier molecular flexibility index (Phi) is 6.13. The fraction of sp³-hybridized carbons (Fsp3) is 0.409. The summed E-state index contributed by atoms with van der Waals surface area (Å²) in [6.45, 7) is 1.54. The van der Waals surface area contributed by atoms with E-state index in [9.17, 15) is 0 Å². The molecule has 0 radical (unpaired) electrons. The van der Waals surface area contributed by atoms with Gasteiger partial charge in [-0.15, -0.1) is 0 Å². The van der Waals surface area contributed by atoms with E-state index in [1.54, 1.807) is 21.3 Å². The SMILES string of the molecule is COc1cccc(CNCC2=NO[C@H](Cc3cc(OC)c4c(c3OC)OCO4)C2)c1. The van der Waals surface area contributed by atoms with Crippen LogP contribution in [0.25, 0.3) is 0 Å². The Hall–Kier alpha value is -3.13. The second-order valence-corrected chi connectivity index (χ2v) is 7.08. The molecule has 0 aromatic heterocycles. The van der Waals surface area contributed by atoms with Gasteiger partial charge in [-0.3, -0.25) is 0 Å². The minimum Gasteiger partial charge on any atom is -0.497 e. The van der Waals surface area contributed by atoms with Gasteiger partial charge < -0.3 is 33.8 Å². The number of hydrogen-bond donors (Lipinski definition) is 1. The highest BCUT2D eigenvalue weighted by atomic mass is 16.7. The van der Waals surface area contributed by atoms with E-state index < -0.39 is 0 Å². The predicted molar refractivity (Wildman–Crippen MR) is 111 cm³/mol. The normalized spacial score (nSPS) is 16.8. The Morgan fingerprint density at radius 1 is 1.03 bits per heavy atom. The zero-order valence-electron chi connectivity index (χ0n) is 17.4. The lowest BCUT2D eigenvalue weighted by atomic mass is 10.0. The van der Waals surface area contributed by atoms with Crippen molar-refractivity contribution in [3.05, 3.63) is 41.5 Å². The fourth-order valence-electron chi connectivity index (χ4n) is 3.67. The highest BCUT2D eigenvalue weighted by Gasteiger charge is 2.30. The van der Waals surface area contributed by atoms with Gasteiger partial charge in [-0.2, -0.15) is 0 Å². The van der Waals surface area contributed by atoms with Gasteiger partial charge in [0, 0.05) is 31.5 Å². The van der Waals surface area contributed by atoms with Crippen molar-refractivity contribution in [1.29, 1.82) is 0 Å². The molecular formula is C22H26N2O6. The minimum atomic E-state index is -0.0717. The number of ether oxygens (including phenoxy) is 5. The summed E-state index contributed by atoms with van der Waals surface area (Å²) in [7, 11) is 4.89. The topological polar surface area (TPSA) is 79.8 Å². The van der Waals surface area contributed by atoms with Gasteiger partial charge in [0.1, 0.15) is 11.9 Å². The highest BCUT2D eigenvalue weighted by molar-refractivity contribution is 5.87. The molecule has 1 atom stereocenters. The van der Waals surface area contributed by atoms with Crippen LogP contribution in [0.15, 0.2) is 35.5 Å². The predicted octanol–water partition coefficient (Wildman–Crippen LogP) is 2.92. The van der Waals surface area contributed by atoms with Crippen molar-refractivity contribution in [3.63, 3.8) is 0 Å². The molecular weight excluding hydrogens is 388 g/mol. The van der Waals surface area contributed by atoms with Crippen molar-refractivity contribution in [2.45, 2.75) is 25.5 Å². The van der Waals surface area contributed by atoms with Crippen LogP contribution in [-0.2, 0) is 17.8 Å². The lowest BCUT2D eigenvalue weighted by Crippen LogP contribution is -2.23. The first kappa shape index (κ1) is 20.2. The van der Waals surface area contributed by atoms with E-state index in [-0.39, 0.29) is 12.9 Å². The lowest BCUT2D eigenvalue weighted by Gasteiger charge is -2.15. The molecule has 0 spiro atoms. The molecule has 4 rings (SSSR count). The highest BCUT2D eigenvalue weighted by Crippen LogP contribution is 2.49. The zero-order chi connectivity index (χ0) is 20.9. The molecule has 30 heavy (non-hydrogen) atoms. The molecule has 0 unspecified atom stereocenters. The fourth-order valence-corrected chi connectivity index (χ4v) is 3.67. The maximum absolute atomic E-state index is 5.66. The molecule has 0 saturated carbocycles. The van der Waals surface area contributed by atoms with Gasteiger partial charge in [-0.25, -0.2) is 0 Å².